The Morgan fingerprint density at radius 3 is 2.38 bits per heavy atom. The lowest BCUT2D eigenvalue weighted by atomic mass is 10.1. The highest BCUT2D eigenvalue weighted by molar-refractivity contribution is 5.29. The average molecular weight is 295 g/mol. The summed E-state index contributed by atoms with van der Waals surface area (Å²) in [6.07, 6.45) is 1.85. The minimum absolute atomic E-state index is 0.115. The summed E-state index contributed by atoms with van der Waals surface area (Å²) in [5.41, 5.74) is 7.04. The summed E-state index contributed by atoms with van der Waals surface area (Å²) in [5.74, 6) is 0.885. The van der Waals surface area contributed by atoms with E-state index in [4.69, 9.17) is 19.9 Å². The van der Waals surface area contributed by atoms with Gasteiger partial charge in [0.25, 0.3) is 0 Å². The van der Waals surface area contributed by atoms with Crippen LogP contribution in [0.25, 0.3) is 0 Å². The van der Waals surface area contributed by atoms with Gasteiger partial charge in [0.1, 0.15) is 5.75 Å². The lowest BCUT2D eigenvalue weighted by molar-refractivity contribution is -0.0113. The van der Waals surface area contributed by atoms with Gasteiger partial charge in [-0.3, -0.25) is 0 Å². The van der Waals surface area contributed by atoms with Crippen LogP contribution < -0.4 is 10.5 Å². The van der Waals surface area contributed by atoms with Crippen LogP contribution in [-0.2, 0) is 9.47 Å². The Labute approximate surface area is 128 Å². The van der Waals surface area contributed by atoms with Crippen molar-refractivity contribution >= 4 is 0 Å². The van der Waals surface area contributed by atoms with Gasteiger partial charge < -0.3 is 19.9 Å². The van der Waals surface area contributed by atoms with E-state index in [1.54, 1.807) is 7.11 Å². The van der Waals surface area contributed by atoms with Crippen LogP contribution in [0.15, 0.2) is 24.3 Å². The number of rotatable bonds is 10. The standard InChI is InChI=1S/C17H29NO3/c1-5-11-21-15-8-6-14(7-9-15)16(18)13-20-12-10-17(2,3)19-4/h6-9,16H,5,10-13,18H2,1-4H3. The molecule has 1 aromatic carbocycles. The van der Waals surface area contributed by atoms with E-state index >= 15 is 0 Å². The molecule has 0 amide bonds. The summed E-state index contributed by atoms with van der Waals surface area (Å²) in [6.45, 7) is 8.08. The molecule has 21 heavy (non-hydrogen) atoms. The number of ether oxygens (including phenoxy) is 3. The molecule has 0 spiro atoms. The fourth-order valence-electron chi connectivity index (χ4n) is 1.76. The van der Waals surface area contributed by atoms with Gasteiger partial charge in [-0.25, -0.2) is 0 Å². The zero-order valence-electron chi connectivity index (χ0n) is 13.7. The molecule has 120 valence electrons. The molecule has 4 heteroatoms. The molecule has 0 saturated heterocycles. The minimum atomic E-state index is -0.150. The molecule has 2 N–H and O–H groups in total. The maximum atomic E-state index is 6.13. The van der Waals surface area contributed by atoms with E-state index in [1.165, 1.54) is 0 Å². The van der Waals surface area contributed by atoms with Crippen LogP contribution in [0, 0.1) is 0 Å². The number of benzene rings is 1. The third kappa shape index (κ3) is 6.93. The summed E-state index contributed by atoms with van der Waals surface area (Å²) in [5, 5.41) is 0. The Bertz CT molecular complexity index is 390. The van der Waals surface area contributed by atoms with E-state index in [2.05, 4.69) is 6.92 Å². The quantitative estimate of drug-likeness (QED) is 0.673. The molecule has 1 atom stereocenters. The number of methoxy groups -OCH3 is 1. The third-order valence-corrected chi connectivity index (χ3v) is 3.48. The van der Waals surface area contributed by atoms with Crippen LogP contribution >= 0.6 is 0 Å². The first kappa shape index (κ1) is 18.0. The molecule has 0 radical (unpaired) electrons. The topological polar surface area (TPSA) is 53.7 Å². The molecule has 0 fully saturated rings. The van der Waals surface area contributed by atoms with Crippen LogP contribution in [0.4, 0.5) is 0 Å². The lowest BCUT2D eigenvalue weighted by Crippen LogP contribution is -2.25. The molecule has 0 aliphatic carbocycles. The van der Waals surface area contributed by atoms with Crippen LogP contribution in [0.1, 0.15) is 45.2 Å². The van der Waals surface area contributed by atoms with Gasteiger partial charge in [-0.05, 0) is 44.4 Å². The monoisotopic (exact) mass is 295 g/mol. The predicted octanol–water partition coefficient (Wildman–Crippen LogP) is 3.31. The average Bonchev–Trinajstić information content (AvgIpc) is 2.50. The number of hydrogen-bond acceptors (Lipinski definition) is 4. The Kier molecular flexibility index (Phi) is 7.72. The Hall–Kier alpha value is -1.10. The first-order valence-electron chi connectivity index (χ1n) is 7.59. The normalized spacial score (nSPS) is 13.2. The summed E-state index contributed by atoms with van der Waals surface area (Å²) in [4.78, 5) is 0. The Morgan fingerprint density at radius 1 is 1.14 bits per heavy atom. The lowest BCUT2D eigenvalue weighted by Gasteiger charge is -2.23. The molecule has 0 saturated carbocycles. The molecule has 0 aliphatic heterocycles. The van der Waals surface area contributed by atoms with E-state index in [0.29, 0.717) is 13.2 Å². The second kappa shape index (κ2) is 9.03. The SMILES string of the molecule is CCCOc1ccc(C(N)COCCC(C)(C)OC)cc1. The molecule has 4 nitrogen and oxygen atoms in total. The smallest absolute Gasteiger partial charge is 0.119 e. The van der Waals surface area contributed by atoms with Gasteiger partial charge in [0.2, 0.25) is 0 Å². The van der Waals surface area contributed by atoms with E-state index < -0.39 is 0 Å². The highest BCUT2D eigenvalue weighted by Gasteiger charge is 2.16. The molecule has 0 aliphatic rings. The highest BCUT2D eigenvalue weighted by atomic mass is 16.5. The molecule has 0 heterocycles. The molecule has 1 aromatic rings. The zero-order chi connectivity index (χ0) is 15.7. The first-order valence-corrected chi connectivity index (χ1v) is 7.59. The van der Waals surface area contributed by atoms with E-state index in [-0.39, 0.29) is 11.6 Å². The van der Waals surface area contributed by atoms with Crippen molar-refractivity contribution in [2.24, 2.45) is 5.73 Å². The van der Waals surface area contributed by atoms with Crippen molar-refractivity contribution in [3.8, 4) is 5.75 Å². The fourth-order valence-corrected chi connectivity index (χ4v) is 1.76. The van der Waals surface area contributed by atoms with Crippen LogP contribution in [0.2, 0.25) is 0 Å². The predicted molar refractivity (Wildman–Crippen MR) is 85.7 cm³/mol. The van der Waals surface area contributed by atoms with Gasteiger partial charge in [-0.1, -0.05) is 19.1 Å². The van der Waals surface area contributed by atoms with Crippen LogP contribution in [0.5, 0.6) is 5.75 Å². The van der Waals surface area contributed by atoms with Crippen molar-refractivity contribution in [1.29, 1.82) is 0 Å². The summed E-state index contributed by atoms with van der Waals surface area (Å²) >= 11 is 0. The number of hydrogen-bond donors (Lipinski definition) is 1. The minimum Gasteiger partial charge on any atom is -0.494 e. The Morgan fingerprint density at radius 2 is 1.81 bits per heavy atom. The Balaban J connectivity index is 2.33. The second-order valence-electron chi connectivity index (χ2n) is 5.81. The van der Waals surface area contributed by atoms with Gasteiger partial charge >= 0.3 is 0 Å². The number of nitrogens with two attached hydrogens (primary N) is 1. The molecule has 1 unspecified atom stereocenters. The van der Waals surface area contributed by atoms with Gasteiger partial charge in [0.15, 0.2) is 0 Å². The summed E-state index contributed by atoms with van der Waals surface area (Å²) in [7, 11) is 1.72. The van der Waals surface area contributed by atoms with Crippen LogP contribution in [0.3, 0.4) is 0 Å². The van der Waals surface area contributed by atoms with Crippen molar-refractivity contribution in [1.82, 2.24) is 0 Å². The van der Waals surface area contributed by atoms with Gasteiger partial charge in [-0.15, -0.1) is 0 Å². The first-order chi connectivity index (χ1) is 9.98. The van der Waals surface area contributed by atoms with Gasteiger partial charge in [0, 0.05) is 13.7 Å². The van der Waals surface area contributed by atoms with Crippen molar-refractivity contribution < 1.29 is 14.2 Å². The van der Waals surface area contributed by atoms with E-state index in [0.717, 1.165) is 30.8 Å². The van der Waals surface area contributed by atoms with Crippen molar-refractivity contribution in [3.05, 3.63) is 29.8 Å². The van der Waals surface area contributed by atoms with Crippen molar-refractivity contribution in [2.75, 3.05) is 26.9 Å². The van der Waals surface area contributed by atoms with E-state index in [9.17, 15) is 0 Å². The fraction of sp³-hybridized carbons (Fsp3) is 0.647. The maximum absolute atomic E-state index is 6.13. The van der Waals surface area contributed by atoms with E-state index in [1.807, 2.05) is 38.1 Å². The molecule has 0 aromatic heterocycles. The van der Waals surface area contributed by atoms with Crippen molar-refractivity contribution in [3.63, 3.8) is 0 Å². The van der Waals surface area contributed by atoms with Gasteiger partial charge in [-0.2, -0.15) is 0 Å². The maximum Gasteiger partial charge on any atom is 0.119 e. The second-order valence-corrected chi connectivity index (χ2v) is 5.81. The molecular weight excluding hydrogens is 266 g/mol. The van der Waals surface area contributed by atoms with Gasteiger partial charge in [0.05, 0.1) is 24.9 Å². The third-order valence-electron chi connectivity index (χ3n) is 3.48. The highest BCUT2D eigenvalue weighted by Crippen LogP contribution is 2.18. The molecular formula is C17H29NO3. The zero-order valence-corrected chi connectivity index (χ0v) is 13.7. The molecule has 0 bridgehead atoms. The van der Waals surface area contributed by atoms with Crippen LogP contribution in [-0.4, -0.2) is 32.5 Å². The molecule has 1 rings (SSSR count). The largest absolute Gasteiger partial charge is 0.494 e. The summed E-state index contributed by atoms with van der Waals surface area (Å²) in [6, 6.07) is 7.80. The van der Waals surface area contributed by atoms with Crippen molar-refractivity contribution in [2.45, 2.75) is 45.3 Å². The summed E-state index contributed by atoms with van der Waals surface area (Å²) < 4.78 is 16.5.